The first kappa shape index (κ1) is 17.8. The number of piperidine rings is 1. The van der Waals surface area contributed by atoms with Crippen LogP contribution in [-0.2, 0) is 11.3 Å². The summed E-state index contributed by atoms with van der Waals surface area (Å²) in [6.07, 6.45) is 4.12. The van der Waals surface area contributed by atoms with Gasteiger partial charge >= 0.3 is 0 Å². The highest BCUT2D eigenvalue weighted by Crippen LogP contribution is 2.21. The van der Waals surface area contributed by atoms with Crippen molar-refractivity contribution in [1.82, 2.24) is 10.2 Å². The summed E-state index contributed by atoms with van der Waals surface area (Å²) in [7, 11) is 0. The zero-order valence-electron chi connectivity index (χ0n) is 14.5. The number of ether oxygens (including phenoxy) is 1. The minimum atomic E-state index is 0.192. The SMILES string of the molecule is CCCCNC(=O)C1CCN(Cc2cccc(OCC)c2)CC1. The Labute approximate surface area is 140 Å². The summed E-state index contributed by atoms with van der Waals surface area (Å²) < 4.78 is 5.56. The quantitative estimate of drug-likeness (QED) is 0.748. The smallest absolute Gasteiger partial charge is 0.223 e. The second-order valence-corrected chi connectivity index (χ2v) is 6.28. The van der Waals surface area contributed by atoms with Crippen LogP contribution in [0.1, 0.15) is 45.1 Å². The summed E-state index contributed by atoms with van der Waals surface area (Å²) in [6, 6.07) is 8.31. The van der Waals surface area contributed by atoms with E-state index < -0.39 is 0 Å². The van der Waals surface area contributed by atoms with Crippen molar-refractivity contribution in [1.29, 1.82) is 0 Å². The lowest BCUT2D eigenvalue weighted by atomic mass is 9.95. The number of carbonyl (C=O) groups excluding carboxylic acids is 1. The van der Waals surface area contributed by atoms with Gasteiger partial charge in [-0.1, -0.05) is 25.5 Å². The highest BCUT2D eigenvalue weighted by atomic mass is 16.5. The van der Waals surface area contributed by atoms with Crippen molar-refractivity contribution in [3.8, 4) is 5.75 Å². The molecule has 4 heteroatoms. The van der Waals surface area contributed by atoms with Crippen LogP contribution in [0.5, 0.6) is 5.75 Å². The predicted molar refractivity (Wildman–Crippen MR) is 93.5 cm³/mol. The molecule has 1 heterocycles. The third kappa shape index (κ3) is 5.87. The van der Waals surface area contributed by atoms with Crippen LogP contribution in [0.15, 0.2) is 24.3 Å². The average molecular weight is 318 g/mol. The molecule has 23 heavy (non-hydrogen) atoms. The molecule has 0 saturated carbocycles. The third-order valence-corrected chi connectivity index (χ3v) is 4.40. The van der Waals surface area contributed by atoms with Gasteiger partial charge in [0, 0.05) is 19.0 Å². The Bertz CT molecular complexity index is 482. The standard InChI is InChI=1S/C19H30N2O2/c1-3-5-11-20-19(22)17-9-12-21(13-10-17)15-16-7-6-8-18(14-16)23-4-2/h6-8,14,17H,3-5,9-13,15H2,1-2H3,(H,20,22). The van der Waals surface area contributed by atoms with Gasteiger partial charge in [-0.15, -0.1) is 0 Å². The maximum absolute atomic E-state index is 12.1. The number of hydrogen-bond acceptors (Lipinski definition) is 3. The number of likely N-dealkylation sites (tertiary alicyclic amines) is 1. The Kier molecular flexibility index (Phi) is 7.40. The van der Waals surface area contributed by atoms with Crippen LogP contribution in [-0.4, -0.2) is 37.0 Å². The molecule has 0 bridgehead atoms. The summed E-state index contributed by atoms with van der Waals surface area (Å²) in [6.45, 7) is 8.58. The first-order valence-corrected chi connectivity index (χ1v) is 8.94. The van der Waals surface area contributed by atoms with E-state index >= 15 is 0 Å². The van der Waals surface area contributed by atoms with Gasteiger partial charge in [-0.25, -0.2) is 0 Å². The maximum atomic E-state index is 12.1. The van der Waals surface area contributed by atoms with Crippen molar-refractivity contribution in [2.75, 3.05) is 26.2 Å². The zero-order valence-corrected chi connectivity index (χ0v) is 14.5. The predicted octanol–water partition coefficient (Wildman–Crippen LogP) is 3.21. The Balaban J connectivity index is 1.76. The molecule has 1 amide bonds. The average Bonchev–Trinajstić information content (AvgIpc) is 2.56. The van der Waals surface area contributed by atoms with Gasteiger partial charge in [-0.3, -0.25) is 9.69 Å². The first-order valence-electron chi connectivity index (χ1n) is 8.94. The second-order valence-electron chi connectivity index (χ2n) is 6.28. The Morgan fingerprint density at radius 1 is 1.30 bits per heavy atom. The van der Waals surface area contributed by atoms with Crippen LogP contribution < -0.4 is 10.1 Å². The summed E-state index contributed by atoms with van der Waals surface area (Å²) >= 11 is 0. The van der Waals surface area contributed by atoms with E-state index in [2.05, 4.69) is 29.3 Å². The molecular formula is C19H30N2O2. The highest BCUT2D eigenvalue weighted by molar-refractivity contribution is 5.78. The number of hydrogen-bond donors (Lipinski definition) is 1. The molecule has 0 radical (unpaired) electrons. The number of rotatable bonds is 8. The van der Waals surface area contributed by atoms with E-state index in [1.807, 2.05) is 19.1 Å². The number of unbranched alkanes of at least 4 members (excludes halogenated alkanes) is 1. The van der Waals surface area contributed by atoms with Gasteiger partial charge in [0.25, 0.3) is 0 Å². The number of carbonyl (C=O) groups is 1. The van der Waals surface area contributed by atoms with Crippen molar-refractivity contribution in [2.24, 2.45) is 5.92 Å². The number of amides is 1. The first-order chi connectivity index (χ1) is 11.2. The van der Waals surface area contributed by atoms with Gasteiger partial charge in [-0.2, -0.15) is 0 Å². The van der Waals surface area contributed by atoms with E-state index in [4.69, 9.17) is 4.74 Å². The molecular weight excluding hydrogens is 288 g/mol. The lowest BCUT2D eigenvalue weighted by molar-refractivity contribution is -0.126. The summed E-state index contributed by atoms with van der Waals surface area (Å²) in [5.74, 6) is 1.38. The fraction of sp³-hybridized carbons (Fsp3) is 0.632. The molecule has 1 aromatic carbocycles. The van der Waals surface area contributed by atoms with Gasteiger partial charge in [0.05, 0.1) is 6.61 Å². The largest absolute Gasteiger partial charge is 0.494 e. The molecule has 1 fully saturated rings. The monoisotopic (exact) mass is 318 g/mol. The molecule has 1 saturated heterocycles. The summed E-state index contributed by atoms with van der Waals surface area (Å²) in [5, 5.41) is 3.07. The molecule has 1 N–H and O–H groups in total. The van der Waals surface area contributed by atoms with Crippen LogP contribution >= 0.6 is 0 Å². The molecule has 128 valence electrons. The van der Waals surface area contributed by atoms with E-state index in [0.717, 1.165) is 57.6 Å². The van der Waals surface area contributed by atoms with Crippen LogP contribution in [0.2, 0.25) is 0 Å². The van der Waals surface area contributed by atoms with Crippen molar-refractivity contribution < 1.29 is 9.53 Å². The van der Waals surface area contributed by atoms with Crippen molar-refractivity contribution in [3.05, 3.63) is 29.8 Å². The molecule has 0 unspecified atom stereocenters. The zero-order chi connectivity index (χ0) is 16.5. The normalized spacial score (nSPS) is 16.3. The Morgan fingerprint density at radius 3 is 2.78 bits per heavy atom. The van der Waals surface area contributed by atoms with Crippen LogP contribution in [0.25, 0.3) is 0 Å². The number of nitrogens with zero attached hydrogens (tertiary/aromatic N) is 1. The summed E-state index contributed by atoms with van der Waals surface area (Å²) in [4.78, 5) is 14.5. The van der Waals surface area contributed by atoms with Crippen molar-refractivity contribution >= 4 is 5.91 Å². The highest BCUT2D eigenvalue weighted by Gasteiger charge is 2.24. The van der Waals surface area contributed by atoms with Crippen LogP contribution in [0.4, 0.5) is 0 Å². The lowest BCUT2D eigenvalue weighted by Crippen LogP contribution is -2.40. The van der Waals surface area contributed by atoms with E-state index in [9.17, 15) is 4.79 Å². The number of benzene rings is 1. The van der Waals surface area contributed by atoms with Gasteiger partial charge in [0.1, 0.15) is 5.75 Å². The molecule has 0 atom stereocenters. The fourth-order valence-electron chi connectivity index (χ4n) is 3.04. The van der Waals surface area contributed by atoms with E-state index in [-0.39, 0.29) is 11.8 Å². The van der Waals surface area contributed by atoms with Gasteiger partial charge in [0.2, 0.25) is 5.91 Å². The maximum Gasteiger partial charge on any atom is 0.223 e. The van der Waals surface area contributed by atoms with E-state index in [1.54, 1.807) is 0 Å². The number of nitrogens with one attached hydrogen (secondary N) is 1. The topological polar surface area (TPSA) is 41.6 Å². The van der Waals surface area contributed by atoms with Crippen molar-refractivity contribution in [3.63, 3.8) is 0 Å². The third-order valence-electron chi connectivity index (χ3n) is 4.40. The molecule has 0 aliphatic carbocycles. The van der Waals surface area contributed by atoms with Gasteiger partial charge < -0.3 is 10.1 Å². The lowest BCUT2D eigenvalue weighted by Gasteiger charge is -2.31. The van der Waals surface area contributed by atoms with Crippen molar-refractivity contribution in [2.45, 2.75) is 46.1 Å². The molecule has 1 aliphatic rings. The molecule has 2 rings (SSSR count). The minimum Gasteiger partial charge on any atom is -0.494 e. The van der Waals surface area contributed by atoms with Crippen LogP contribution in [0.3, 0.4) is 0 Å². The van der Waals surface area contributed by atoms with E-state index in [0.29, 0.717) is 6.61 Å². The molecule has 0 aromatic heterocycles. The van der Waals surface area contributed by atoms with Crippen LogP contribution in [0, 0.1) is 5.92 Å². The molecule has 0 spiro atoms. The molecule has 4 nitrogen and oxygen atoms in total. The van der Waals surface area contributed by atoms with E-state index in [1.165, 1.54) is 5.56 Å². The molecule has 1 aromatic rings. The summed E-state index contributed by atoms with van der Waals surface area (Å²) in [5.41, 5.74) is 1.28. The molecule has 1 aliphatic heterocycles. The Hall–Kier alpha value is -1.55. The second kappa shape index (κ2) is 9.56. The Morgan fingerprint density at radius 2 is 2.09 bits per heavy atom. The minimum absolute atomic E-state index is 0.192. The fourth-order valence-corrected chi connectivity index (χ4v) is 3.04. The van der Waals surface area contributed by atoms with Gasteiger partial charge in [0.15, 0.2) is 0 Å². The van der Waals surface area contributed by atoms with Gasteiger partial charge in [-0.05, 0) is 57.0 Å².